The largest absolute Gasteiger partial charge is 0.368 e. The fraction of sp³-hybridized carbons (Fsp3) is 0.391. The average Bonchev–Trinajstić information content (AvgIpc) is 3.28. The Kier molecular flexibility index (Phi) is 6.50. The first-order chi connectivity index (χ1) is 14.1. The second-order valence-electron chi connectivity index (χ2n) is 7.44. The van der Waals surface area contributed by atoms with Gasteiger partial charge in [0.1, 0.15) is 4.38 Å². The van der Waals surface area contributed by atoms with Gasteiger partial charge in [-0.2, -0.15) is 0 Å². The molecule has 0 aromatic heterocycles. The van der Waals surface area contributed by atoms with E-state index in [1.807, 2.05) is 34.9 Å². The first-order valence-corrected chi connectivity index (χ1v) is 12.1. The van der Waals surface area contributed by atoms with Crippen molar-refractivity contribution in [2.24, 2.45) is 4.99 Å². The van der Waals surface area contributed by atoms with Crippen LogP contribution in [0.1, 0.15) is 27.0 Å². The van der Waals surface area contributed by atoms with Crippen LogP contribution in [0.15, 0.2) is 47.5 Å². The number of amides is 1. The summed E-state index contributed by atoms with van der Waals surface area (Å²) < 4.78 is 1.15. The van der Waals surface area contributed by atoms with Crippen molar-refractivity contribution in [1.29, 1.82) is 0 Å². The maximum absolute atomic E-state index is 13.2. The number of rotatable bonds is 4. The molecule has 0 spiro atoms. The number of benzene rings is 2. The number of nitrogens with zero attached hydrogens (tertiary/aromatic N) is 3. The molecular formula is C23H27N3OS2. The molecule has 4 nitrogen and oxygen atoms in total. The summed E-state index contributed by atoms with van der Waals surface area (Å²) >= 11 is 3.57. The van der Waals surface area contributed by atoms with Crippen LogP contribution in [0.2, 0.25) is 0 Å². The smallest absolute Gasteiger partial charge is 0.254 e. The van der Waals surface area contributed by atoms with Crippen molar-refractivity contribution in [3.8, 4) is 0 Å². The van der Waals surface area contributed by atoms with Crippen molar-refractivity contribution < 1.29 is 4.79 Å². The first-order valence-electron chi connectivity index (χ1n) is 10.1. The number of piperazine rings is 1. The van der Waals surface area contributed by atoms with Crippen LogP contribution in [0, 0.1) is 13.8 Å². The highest BCUT2D eigenvalue weighted by molar-refractivity contribution is 8.38. The van der Waals surface area contributed by atoms with Crippen molar-refractivity contribution in [3.05, 3.63) is 64.7 Å². The fourth-order valence-corrected chi connectivity index (χ4v) is 5.81. The van der Waals surface area contributed by atoms with Gasteiger partial charge >= 0.3 is 0 Å². The highest BCUT2D eigenvalue weighted by atomic mass is 32.2. The number of hydrogen-bond donors (Lipinski definition) is 0. The normalized spacial score (nSPS) is 16.8. The van der Waals surface area contributed by atoms with E-state index in [0.717, 1.165) is 59.7 Å². The molecule has 0 aliphatic carbocycles. The minimum absolute atomic E-state index is 0.155. The Morgan fingerprint density at radius 3 is 2.62 bits per heavy atom. The zero-order valence-corrected chi connectivity index (χ0v) is 18.7. The Hall–Kier alpha value is -1.92. The molecular weight excluding hydrogens is 398 g/mol. The van der Waals surface area contributed by atoms with Gasteiger partial charge in [-0.3, -0.25) is 9.79 Å². The van der Waals surface area contributed by atoms with Gasteiger partial charge in [-0.25, -0.2) is 0 Å². The Balaban J connectivity index is 1.41. The van der Waals surface area contributed by atoms with Gasteiger partial charge in [0.05, 0.1) is 6.54 Å². The van der Waals surface area contributed by atoms with E-state index in [4.69, 9.17) is 0 Å². The summed E-state index contributed by atoms with van der Waals surface area (Å²) in [5.74, 6) is 2.03. The molecule has 152 valence electrons. The first kappa shape index (κ1) is 20.4. The number of aliphatic imine (C=N–C) groups is 1. The molecule has 4 rings (SSSR count). The molecule has 0 saturated carbocycles. The molecule has 2 aromatic carbocycles. The Morgan fingerprint density at radius 1 is 1.07 bits per heavy atom. The Bertz CT molecular complexity index is 920. The molecule has 0 bridgehead atoms. The van der Waals surface area contributed by atoms with Gasteiger partial charge in [0.25, 0.3) is 5.91 Å². The van der Waals surface area contributed by atoms with E-state index in [1.165, 1.54) is 16.8 Å². The lowest BCUT2D eigenvalue weighted by Gasteiger charge is -2.37. The number of anilines is 1. The van der Waals surface area contributed by atoms with Gasteiger partial charge in [0.2, 0.25) is 0 Å². The summed E-state index contributed by atoms with van der Waals surface area (Å²) in [7, 11) is 0. The monoisotopic (exact) mass is 425 g/mol. The summed E-state index contributed by atoms with van der Waals surface area (Å²) in [6.07, 6.45) is 0. The fourth-order valence-electron chi connectivity index (χ4n) is 3.80. The summed E-state index contributed by atoms with van der Waals surface area (Å²) in [6, 6.07) is 14.5. The third-order valence-electron chi connectivity index (χ3n) is 5.64. The molecule has 29 heavy (non-hydrogen) atoms. The summed E-state index contributed by atoms with van der Waals surface area (Å²) in [4.78, 5) is 22.2. The number of carbonyl (C=O) groups excluding carboxylic acids is 1. The van der Waals surface area contributed by atoms with Crippen molar-refractivity contribution in [2.75, 3.05) is 43.4 Å². The van der Waals surface area contributed by atoms with Crippen molar-refractivity contribution >= 4 is 39.5 Å². The minimum Gasteiger partial charge on any atom is -0.368 e. The lowest BCUT2D eigenvalue weighted by Crippen LogP contribution is -2.49. The van der Waals surface area contributed by atoms with E-state index >= 15 is 0 Å². The summed E-state index contributed by atoms with van der Waals surface area (Å²) in [6.45, 7) is 8.53. The van der Waals surface area contributed by atoms with Crippen LogP contribution < -0.4 is 4.90 Å². The number of carbonyl (C=O) groups is 1. The second-order valence-corrected chi connectivity index (χ2v) is 9.75. The van der Waals surface area contributed by atoms with E-state index < -0.39 is 0 Å². The third kappa shape index (κ3) is 4.64. The summed E-state index contributed by atoms with van der Waals surface area (Å²) in [5.41, 5.74) is 5.89. The molecule has 0 unspecified atom stereocenters. The predicted molar refractivity (Wildman–Crippen MR) is 127 cm³/mol. The minimum atomic E-state index is 0.155. The van der Waals surface area contributed by atoms with Gasteiger partial charge in [0.15, 0.2) is 0 Å². The topological polar surface area (TPSA) is 35.9 Å². The van der Waals surface area contributed by atoms with Crippen LogP contribution in [-0.2, 0) is 5.75 Å². The van der Waals surface area contributed by atoms with Crippen molar-refractivity contribution in [2.45, 2.75) is 19.6 Å². The van der Waals surface area contributed by atoms with Crippen LogP contribution in [-0.4, -0.2) is 53.7 Å². The second kappa shape index (κ2) is 9.26. The van der Waals surface area contributed by atoms with Gasteiger partial charge in [-0.1, -0.05) is 53.9 Å². The molecule has 0 radical (unpaired) electrons. The van der Waals surface area contributed by atoms with Crippen LogP contribution >= 0.6 is 23.5 Å². The molecule has 2 aliphatic rings. The lowest BCUT2D eigenvalue weighted by atomic mass is 10.1. The molecule has 1 fully saturated rings. The quantitative estimate of drug-likeness (QED) is 0.717. The number of thioether (sulfide) groups is 2. The van der Waals surface area contributed by atoms with Crippen molar-refractivity contribution in [3.63, 3.8) is 0 Å². The van der Waals surface area contributed by atoms with E-state index in [2.05, 4.69) is 48.0 Å². The zero-order valence-electron chi connectivity index (χ0n) is 17.1. The maximum atomic E-state index is 13.2. The van der Waals surface area contributed by atoms with E-state index in [1.54, 1.807) is 11.8 Å². The molecule has 0 atom stereocenters. The standard InChI is InChI=1S/C23H27N3OS2/c1-17-6-5-9-21(18(17)2)25-11-13-26(14-12-25)22(27)20-8-4-3-7-19(20)16-29-23-24-10-15-28-23/h3-9H,10-16H2,1-2H3. The molecule has 1 amide bonds. The molecule has 2 aromatic rings. The third-order valence-corrected chi connectivity index (χ3v) is 7.94. The molecule has 1 saturated heterocycles. The lowest BCUT2D eigenvalue weighted by molar-refractivity contribution is 0.0746. The van der Waals surface area contributed by atoms with Crippen LogP contribution in [0.4, 0.5) is 5.69 Å². The average molecular weight is 426 g/mol. The highest BCUT2D eigenvalue weighted by Gasteiger charge is 2.24. The number of aryl methyl sites for hydroxylation is 1. The van der Waals surface area contributed by atoms with Crippen molar-refractivity contribution in [1.82, 2.24) is 4.90 Å². The SMILES string of the molecule is Cc1cccc(N2CCN(C(=O)c3ccccc3CSC3=NCCS3)CC2)c1C. The Labute approximate surface area is 181 Å². The van der Waals surface area contributed by atoms with E-state index in [-0.39, 0.29) is 5.91 Å². The highest BCUT2D eigenvalue weighted by Crippen LogP contribution is 2.28. The van der Waals surface area contributed by atoms with Crippen LogP contribution in [0.25, 0.3) is 0 Å². The van der Waals surface area contributed by atoms with Gasteiger partial charge < -0.3 is 9.80 Å². The van der Waals surface area contributed by atoms with Gasteiger partial charge in [-0.05, 0) is 42.7 Å². The van der Waals surface area contributed by atoms with Gasteiger partial charge in [-0.15, -0.1) is 0 Å². The Morgan fingerprint density at radius 2 is 1.86 bits per heavy atom. The maximum Gasteiger partial charge on any atom is 0.254 e. The zero-order chi connectivity index (χ0) is 20.2. The van der Waals surface area contributed by atoms with Crippen LogP contribution in [0.3, 0.4) is 0 Å². The van der Waals surface area contributed by atoms with E-state index in [9.17, 15) is 4.79 Å². The molecule has 2 aliphatic heterocycles. The van der Waals surface area contributed by atoms with E-state index in [0.29, 0.717) is 0 Å². The van der Waals surface area contributed by atoms with Gasteiger partial charge in [0, 0.05) is 48.9 Å². The van der Waals surface area contributed by atoms with Crippen LogP contribution in [0.5, 0.6) is 0 Å². The summed E-state index contributed by atoms with van der Waals surface area (Å²) in [5, 5.41) is 0. The number of hydrogen-bond acceptors (Lipinski definition) is 5. The molecule has 2 heterocycles. The molecule has 0 N–H and O–H groups in total. The predicted octanol–water partition coefficient (Wildman–Crippen LogP) is 4.60. The molecule has 6 heteroatoms.